The van der Waals surface area contributed by atoms with Crippen LogP contribution in [0.3, 0.4) is 0 Å². The average Bonchev–Trinajstić information content (AvgIpc) is 2.90. The molecule has 0 spiro atoms. The minimum absolute atomic E-state index is 0.0157. The Labute approximate surface area is 116 Å². The maximum atomic E-state index is 10.9. The molecule has 0 atom stereocenters. The van der Waals surface area contributed by atoms with E-state index in [0.717, 1.165) is 23.4 Å². The van der Waals surface area contributed by atoms with E-state index in [1.54, 1.807) is 18.3 Å². The minimum atomic E-state index is 0.0157. The summed E-state index contributed by atoms with van der Waals surface area (Å²) in [6, 6.07) is 4.31. The Bertz CT molecular complexity index is 685. The summed E-state index contributed by atoms with van der Waals surface area (Å²) in [6.07, 6.45) is 4.29. The summed E-state index contributed by atoms with van der Waals surface area (Å²) < 4.78 is 1.29. The molecular weight excluding hydrogens is 256 g/mol. The Hall–Kier alpha value is -1.68. The van der Waals surface area contributed by atoms with Crippen molar-refractivity contribution in [3.05, 3.63) is 34.3 Å². The highest BCUT2D eigenvalue weighted by Gasteiger charge is 2.20. The number of aromatic nitrogens is 1. The number of nitrogens with one attached hydrogen (secondary N) is 1. The first-order chi connectivity index (χ1) is 9.15. The fourth-order valence-electron chi connectivity index (χ4n) is 2.62. The van der Waals surface area contributed by atoms with Gasteiger partial charge in [0.05, 0.1) is 15.2 Å². The van der Waals surface area contributed by atoms with Crippen molar-refractivity contribution in [2.45, 2.75) is 26.7 Å². The number of thiazole rings is 1. The first-order valence-corrected chi connectivity index (χ1v) is 7.29. The molecule has 98 valence electrons. The highest BCUT2D eigenvalue weighted by Crippen LogP contribution is 2.39. The largest absolute Gasteiger partial charge is 0.353 e. The van der Waals surface area contributed by atoms with Gasteiger partial charge in [0.25, 0.3) is 0 Å². The lowest BCUT2D eigenvalue weighted by Crippen LogP contribution is -2.19. The smallest absolute Gasteiger partial charge is 0.217 e. The van der Waals surface area contributed by atoms with E-state index in [2.05, 4.69) is 28.5 Å². The highest BCUT2D eigenvalue weighted by molar-refractivity contribution is 7.18. The topological polar surface area (TPSA) is 42.0 Å². The lowest BCUT2D eigenvalue weighted by molar-refractivity contribution is -0.118. The Balaban J connectivity index is 2.02. The number of nitrogens with zero attached hydrogens (tertiary/aromatic N) is 1. The maximum absolute atomic E-state index is 10.9. The first-order valence-electron chi connectivity index (χ1n) is 6.48. The van der Waals surface area contributed by atoms with E-state index in [9.17, 15) is 4.79 Å². The molecule has 19 heavy (non-hydrogen) atoms. The molecule has 0 aliphatic heterocycles. The standard InChI is InChI=1S/C15H16N2OS/c1-9(18)16-8-7-12-4-3-11-5-6-13-15(14(11)12)19-10(2)17-13/h5-7H,3-4,8H2,1-2H3,(H,16,18)/b12-7+. The lowest BCUT2D eigenvalue weighted by Gasteiger charge is -2.03. The van der Waals surface area contributed by atoms with E-state index in [0.29, 0.717) is 6.54 Å². The van der Waals surface area contributed by atoms with Gasteiger partial charge in [0.2, 0.25) is 5.91 Å². The summed E-state index contributed by atoms with van der Waals surface area (Å²) in [5.74, 6) is 0.0157. The number of hydrogen-bond donors (Lipinski definition) is 1. The molecular formula is C15H16N2OS. The molecule has 0 saturated carbocycles. The van der Waals surface area contributed by atoms with Crippen molar-refractivity contribution in [1.82, 2.24) is 10.3 Å². The van der Waals surface area contributed by atoms with Crippen LogP contribution in [-0.2, 0) is 11.2 Å². The van der Waals surface area contributed by atoms with Crippen LogP contribution >= 0.6 is 11.3 Å². The fraction of sp³-hybridized carbons (Fsp3) is 0.333. The van der Waals surface area contributed by atoms with Crippen LogP contribution < -0.4 is 5.32 Å². The number of fused-ring (bicyclic) bond motifs is 3. The van der Waals surface area contributed by atoms with Crippen LogP contribution in [-0.4, -0.2) is 17.4 Å². The van der Waals surface area contributed by atoms with Crippen molar-refractivity contribution < 1.29 is 4.79 Å². The van der Waals surface area contributed by atoms with Crippen LogP contribution in [0.1, 0.15) is 29.5 Å². The summed E-state index contributed by atoms with van der Waals surface area (Å²) in [5, 5.41) is 3.94. The van der Waals surface area contributed by atoms with Crippen molar-refractivity contribution in [3.8, 4) is 0 Å². The Morgan fingerprint density at radius 3 is 3.11 bits per heavy atom. The Morgan fingerprint density at radius 1 is 1.47 bits per heavy atom. The third kappa shape index (κ3) is 2.28. The molecule has 0 unspecified atom stereocenters. The third-order valence-electron chi connectivity index (χ3n) is 3.44. The molecule has 3 rings (SSSR count). The van der Waals surface area contributed by atoms with Crippen molar-refractivity contribution >= 4 is 33.0 Å². The number of allylic oxidation sites excluding steroid dienone is 1. The Morgan fingerprint density at radius 2 is 2.32 bits per heavy atom. The number of amides is 1. The first kappa shape index (κ1) is 12.4. The summed E-state index contributed by atoms with van der Waals surface area (Å²) in [7, 11) is 0. The molecule has 4 heteroatoms. The Kier molecular flexibility index (Phi) is 3.11. The van der Waals surface area contributed by atoms with Crippen molar-refractivity contribution in [2.24, 2.45) is 0 Å². The lowest BCUT2D eigenvalue weighted by atomic mass is 10.1. The van der Waals surface area contributed by atoms with Gasteiger partial charge in [-0.05, 0) is 37.0 Å². The SMILES string of the molecule is CC(=O)NC/C=C1\CCc2ccc3nc(C)sc3c21. The molecule has 1 heterocycles. The molecule has 2 aromatic rings. The van der Waals surface area contributed by atoms with Crippen LogP contribution in [0.4, 0.5) is 0 Å². The van der Waals surface area contributed by atoms with E-state index < -0.39 is 0 Å². The minimum Gasteiger partial charge on any atom is -0.353 e. The molecule has 1 amide bonds. The molecule has 0 fully saturated rings. The van der Waals surface area contributed by atoms with Gasteiger partial charge in [0.1, 0.15) is 0 Å². The van der Waals surface area contributed by atoms with Crippen LogP contribution in [0, 0.1) is 6.92 Å². The van der Waals surface area contributed by atoms with Crippen LogP contribution in [0.25, 0.3) is 15.8 Å². The van der Waals surface area contributed by atoms with E-state index in [-0.39, 0.29) is 5.91 Å². The second-order valence-corrected chi connectivity index (χ2v) is 6.05. The normalized spacial score (nSPS) is 16.0. The zero-order valence-corrected chi connectivity index (χ0v) is 11.9. The summed E-state index contributed by atoms with van der Waals surface area (Å²) in [4.78, 5) is 15.5. The molecule has 1 aromatic heterocycles. The average molecular weight is 272 g/mol. The van der Waals surface area contributed by atoms with Gasteiger partial charge < -0.3 is 5.32 Å². The molecule has 0 radical (unpaired) electrons. The fourth-order valence-corrected chi connectivity index (χ4v) is 3.64. The molecule has 1 aromatic carbocycles. The van der Waals surface area contributed by atoms with Crippen LogP contribution in [0.5, 0.6) is 0 Å². The van der Waals surface area contributed by atoms with Crippen molar-refractivity contribution in [1.29, 1.82) is 0 Å². The van der Waals surface area contributed by atoms with E-state index in [1.807, 2.05) is 6.92 Å². The van der Waals surface area contributed by atoms with Gasteiger partial charge in [-0.25, -0.2) is 4.98 Å². The predicted molar refractivity (Wildman–Crippen MR) is 79.3 cm³/mol. The van der Waals surface area contributed by atoms with Gasteiger partial charge in [-0.1, -0.05) is 12.1 Å². The van der Waals surface area contributed by atoms with Gasteiger partial charge in [-0.3, -0.25) is 4.79 Å². The van der Waals surface area contributed by atoms with E-state index >= 15 is 0 Å². The second kappa shape index (κ2) is 4.78. The van der Waals surface area contributed by atoms with Gasteiger partial charge in [-0.2, -0.15) is 0 Å². The summed E-state index contributed by atoms with van der Waals surface area (Å²) in [6.45, 7) is 4.21. The molecule has 3 nitrogen and oxygen atoms in total. The van der Waals surface area contributed by atoms with Gasteiger partial charge in [0.15, 0.2) is 0 Å². The predicted octanol–water partition coefficient (Wildman–Crippen LogP) is 3.07. The zero-order chi connectivity index (χ0) is 13.4. The molecule has 1 N–H and O–H groups in total. The molecule has 1 aliphatic carbocycles. The molecule has 0 saturated heterocycles. The maximum Gasteiger partial charge on any atom is 0.217 e. The van der Waals surface area contributed by atoms with Crippen molar-refractivity contribution in [3.63, 3.8) is 0 Å². The number of aryl methyl sites for hydroxylation is 2. The van der Waals surface area contributed by atoms with Gasteiger partial charge >= 0.3 is 0 Å². The number of hydrogen-bond acceptors (Lipinski definition) is 3. The quantitative estimate of drug-likeness (QED) is 0.913. The highest BCUT2D eigenvalue weighted by atomic mass is 32.1. The van der Waals surface area contributed by atoms with Gasteiger partial charge in [-0.15, -0.1) is 11.3 Å². The number of carbonyl (C=O) groups is 1. The number of benzene rings is 1. The zero-order valence-electron chi connectivity index (χ0n) is 11.1. The van der Waals surface area contributed by atoms with Crippen molar-refractivity contribution in [2.75, 3.05) is 6.54 Å². The summed E-state index contributed by atoms with van der Waals surface area (Å²) in [5.41, 5.74) is 5.20. The van der Waals surface area contributed by atoms with Crippen LogP contribution in [0.2, 0.25) is 0 Å². The van der Waals surface area contributed by atoms with E-state index in [4.69, 9.17) is 0 Å². The van der Waals surface area contributed by atoms with Gasteiger partial charge in [0, 0.05) is 19.0 Å². The number of carbonyl (C=O) groups excluding carboxylic acids is 1. The summed E-state index contributed by atoms with van der Waals surface area (Å²) >= 11 is 1.76. The molecule has 1 aliphatic rings. The van der Waals surface area contributed by atoms with Crippen LogP contribution in [0.15, 0.2) is 18.2 Å². The number of rotatable bonds is 2. The van der Waals surface area contributed by atoms with E-state index in [1.165, 1.54) is 21.4 Å². The monoisotopic (exact) mass is 272 g/mol. The second-order valence-electron chi connectivity index (χ2n) is 4.85. The molecule has 0 bridgehead atoms. The third-order valence-corrected chi connectivity index (χ3v) is 4.44.